The highest BCUT2D eigenvalue weighted by Crippen LogP contribution is 2.16. The van der Waals surface area contributed by atoms with Crippen LogP contribution >= 0.6 is 15.9 Å². The molecule has 0 aliphatic heterocycles. The van der Waals surface area contributed by atoms with Crippen molar-refractivity contribution >= 4 is 21.9 Å². The molecule has 0 aliphatic carbocycles. The molecular weight excluding hydrogens is 338 g/mol. The summed E-state index contributed by atoms with van der Waals surface area (Å²) >= 11 is 3.34. The van der Waals surface area contributed by atoms with Gasteiger partial charge in [-0.1, -0.05) is 15.9 Å². The number of carboxylic acid groups (broad SMARTS) is 1. The molecule has 1 heterocycles. The van der Waals surface area contributed by atoms with Crippen molar-refractivity contribution < 1.29 is 14.6 Å². The van der Waals surface area contributed by atoms with Crippen molar-refractivity contribution in [3.8, 4) is 5.75 Å². The number of aryl methyl sites for hydroxylation is 1. The number of rotatable bonds is 5. The van der Waals surface area contributed by atoms with E-state index in [1.54, 1.807) is 11.5 Å². The Kier molecular flexibility index (Phi) is 4.80. The average Bonchev–Trinajstić information content (AvgIpc) is 2.43. The Morgan fingerprint density at radius 3 is 2.62 bits per heavy atom. The van der Waals surface area contributed by atoms with Gasteiger partial charge in [-0.05, 0) is 31.2 Å². The summed E-state index contributed by atoms with van der Waals surface area (Å²) in [7, 11) is 0. The molecule has 21 heavy (non-hydrogen) atoms. The van der Waals surface area contributed by atoms with Crippen LogP contribution in [0.4, 0.5) is 0 Å². The van der Waals surface area contributed by atoms with E-state index in [0.29, 0.717) is 18.8 Å². The highest BCUT2D eigenvalue weighted by molar-refractivity contribution is 9.10. The number of benzene rings is 1. The second kappa shape index (κ2) is 6.58. The van der Waals surface area contributed by atoms with Gasteiger partial charge in [0, 0.05) is 22.4 Å². The number of pyridine rings is 1. The Balaban J connectivity index is 2.06. The zero-order chi connectivity index (χ0) is 15.4. The minimum absolute atomic E-state index is 0.232. The first-order valence-electron chi connectivity index (χ1n) is 6.30. The first-order valence-corrected chi connectivity index (χ1v) is 7.09. The summed E-state index contributed by atoms with van der Waals surface area (Å²) in [4.78, 5) is 22.5. The van der Waals surface area contributed by atoms with Crippen molar-refractivity contribution in [1.82, 2.24) is 4.57 Å². The van der Waals surface area contributed by atoms with Crippen LogP contribution in [-0.2, 0) is 6.54 Å². The summed E-state index contributed by atoms with van der Waals surface area (Å²) in [6.07, 6.45) is 1.35. The van der Waals surface area contributed by atoms with Crippen molar-refractivity contribution in [3.05, 3.63) is 62.5 Å². The van der Waals surface area contributed by atoms with E-state index in [1.165, 1.54) is 12.3 Å². The van der Waals surface area contributed by atoms with Crippen LogP contribution in [0.5, 0.6) is 5.75 Å². The van der Waals surface area contributed by atoms with Crippen molar-refractivity contribution in [3.63, 3.8) is 0 Å². The molecule has 0 saturated heterocycles. The molecule has 6 heteroatoms. The van der Waals surface area contributed by atoms with Gasteiger partial charge in [-0.3, -0.25) is 4.79 Å². The largest absolute Gasteiger partial charge is 0.492 e. The molecule has 0 atom stereocenters. The lowest BCUT2D eigenvalue weighted by Crippen LogP contribution is -2.20. The number of aromatic carboxylic acids is 1. The van der Waals surface area contributed by atoms with Gasteiger partial charge in [-0.2, -0.15) is 0 Å². The molecule has 0 aliphatic rings. The predicted molar refractivity (Wildman–Crippen MR) is 82.0 cm³/mol. The van der Waals surface area contributed by atoms with Gasteiger partial charge in [0.05, 0.1) is 6.54 Å². The third kappa shape index (κ3) is 3.95. The molecule has 0 fully saturated rings. The monoisotopic (exact) mass is 351 g/mol. The van der Waals surface area contributed by atoms with Crippen molar-refractivity contribution in [2.45, 2.75) is 13.5 Å². The van der Waals surface area contributed by atoms with Crippen LogP contribution in [-0.4, -0.2) is 22.2 Å². The molecule has 0 amide bonds. The predicted octanol–water partition coefficient (Wildman–Crippen LogP) is 2.70. The van der Waals surface area contributed by atoms with Crippen LogP contribution in [0.15, 0.2) is 45.8 Å². The van der Waals surface area contributed by atoms with Gasteiger partial charge in [0.15, 0.2) is 5.43 Å². The van der Waals surface area contributed by atoms with E-state index in [1.807, 2.05) is 24.3 Å². The molecule has 0 radical (unpaired) electrons. The number of halogens is 1. The van der Waals surface area contributed by atoms with Crippen LogP contribution in [0.1, 0.15) is 16.1 Å². The van der Waals surface area contributed by atoms with Gasteiger partial charge in [0.2, 0.25) is 0 Å². The van der Waals surface area contributed by atoms with E-state index in [0.717, 1.165) is 10.2 Å². The lowest BCUT2D eigenvalue weighted by molar-refractivity contribution is 0.0694. The van der Waals surface area contributed by atoms with E-state index >= 15 is 0 Å². The topological polar surface area (TPSA) is 68.5 Å². The van der Waals surface area contributed by atoms with E-state index in [4.69, 9.17) is 9.84 Å². The van der Waals surface area contributed by atoms with Crippen molar-refractivity contribution in [1.29, 1.82) is 0 Å². The fourth-order valence-electron chi connectivity index (χ4n) is 1.87. The second-order valence-electron chi connectivity index (χ2n) is 4.49. The van der Waals surface area contributed by atoms with Crippen LogP contribution in [0, 0.1) is 6.92 Å². The molecule has 0 saturated carbocycles. The van der Waals surface area contributed by atoms with Crippen LogP contribution in [0.25, 0.3) is 0 Å². The Bertz CT molecular complexity index is 707. The molecule has 2 aromatic rings. The molecule has 5 nitrogen and oxygen atoms in total. The molecular formula is C15H14BrNO4. The molecule has 1 N–H and O–H groups in total. The van der Waals surface area contributed by atoms with Crippen molar-refractivity contribution in [2.24, 2.45) is 0 Å². The normalized spacial score (nSPS) is 10.4. The standard InChI is InChI=1S/C15H14BrNO4/c1-10-8-14(18)13(15(19)20)9-17(10)6-7-21-12-4-2-11(16)3-5-12/h2-5,8-9H,6-7H2,1H3,(H,19,20). The number of ether oxygens (including phenoxy) is 1. The van der Waals surface area contributed by atoms with E-state index in [9.17, 15) is 9.59 Å². The number of carboxylic acids is 1. The minimum atomic E-state index is -1.22. The average molecular weight is 352 g/mol. The fourth-order valence-corrected chi connectivity index (χ4v) is 2.13. The van der Waals surface area contributed by atoms with Crippen LogP contribution in [0.3, 0.4) is 0 Å². The fraction of sp³-hybridized carbons (Fsp3) is 0.200. The Morgan fingerprint density at radius 1 is 1.33 bits per heavy atom. The lowest BCUT2D eigenvalue weighted by Gasteiger charge is -2.12. The number of hydrogen-bond donors (Lipinski definition) is 1. The summed E-state index contributed by atoms with van der Waals surface area (Å²) in [5, 5.41) is 8.96. The third-order valence-electron chi connectivity index (χ3n) is 2.99. The van der Waals surface area contributed by atoms with Gasteiger partial charge < -0.3 is 14.4 Å². The Hall–Kier alpha value is -2.08. The van der Waals surface area contributed by atoms with Gasteiger partial charge in [-0.25, -0.2) is 4.79 Å². The lowest BCUT2D eigenvalue weighted by atomic mass is 10.2. The van der Waals surface area contributed by atoms with Gasteiger partial charge in [-0.15, -0.1) is 0 Å². The molecule has 1 aromatic carbocycles. The summed E-state index contributed by atoms with van der Waals surface area (Å²) < 4.78 is 8.25. The number of hydrogen-bond acceptors (Lipinski definition) is 3. The molecule has 0 unspecified atom stereocenters. The zero-order valence-corrected chi connectivity index (χ0v) is 13.0. The maximum Gasteiger partial charge on any atom is 0.341 e. The van der Waals surface area contributed by atoms with Crippen molar-refractivity contribution in [2.75, 3.05) is 6.61 Å². The first-order chi connectivity index (χ1) is 9.97. The molecule has 0 spiro atoms. The molecule has 1 aromatic heterocycles. The van der Waals surface area contributed by atoms with Crippen LogP contribution in [0.2, 0.25) is 0 Å². The highest BCUT2D eigenvalue weighted by atomic mass is 79.9. The maximum absolute atomic E-state index is 11.5. The van der Waals surface area contributed by atoms with E-state index < -0.39 is 11.4 Å². The SMILES string of the molecule is Cc1cc(=O)c(C(=O)O)cn1CCOc1ccc(Br)cc1. The summed E-state index contributed by atoms with van der Waals surface area (Å²) in [6, 6.07) is 8.75. The maximum atomic E-state index is 11.5. The molecule has 0 bridgehead atoms. The first kappa shape index (κ1) is 15.3. The van der Waals surface area contributed by atoms with Gasteiger partial charge in [0.25, 0.3) is 0 Å². The van der Waals surface area contributed by atoms with E-state index in [-0.39, 0.29) is 5.56 Å². The van der Waals surface area contributed by atoms with Gasteiger partial charge >= 0.3 is 5.97 Å². The number of carbonyl (C=O) groups is 1. The number of aromatic nitrogens is 1. The van der Waals surface area contributed by atoms with Gasteiger partial charge in [0.1, 0.15) is 17.9 Å². The second-order valence-corrected chi connectivity index (χ2v) is 5.41. The minimum Gasteiger partial charge on any atom is -0.492 e. The zero-order valence-electron chi connectivity index (χ0n) is 11.4. The Morgan fingerprint density at radius 2 is 2.00 bits per heavy atom. The quantitative estimate of drug-likeness (QED) is 0.899. The van der Waals surface area contributed by atoms with E-state index in [2.05, 4.69) is 15.9 Å². The smallest absolute Gasteiger partial charge is 0.341 e. The number of nitrogens with zero attached hydrogens (tertiary/aromatic N) is 1. The molecule has 110 valence electrons. The Labute approximate surface area is 129 Å². The third-order valence-corrected chi connectivity index (χ3v) is 3.52. The van der Waals surface area contributed by atoms with Crippen LogP contribution < -0.4 is 10.2 Å². The molecule has 2 rings (SSSR count). The summed E-state index contributed by atoms with van der Waals surface area (Å²) in [6.45, 7) is 2.60. The highest BCUT2D eigenvalue weighted by Gasteiger charge is 2.10. The summed E-state index contributed by atoms with van der Waals surface area (Å²) in [5.41, 5.74) is -0.0151. The summed E-state index contributed by atoms with van der Waals surface area (Å²) in [5.74, 6) is -0.488.